The monoisotopic (exact) mass is 200 g/mol. The SMILES string of the molecule is COC(=O)C(C)CS(=O)C(F)F. The maximum absolute atomic E-state index is 11.7. The smallest absolute Gasteiger partial charge is 0.311 e. The Morgan fingerprint density at radius 1 is 1.58 bits per heavy atom. The van der Waals surface area contributed by atoms with E-state index in [0.29, 0.717) is 0 Å². The van der Waals surface area contributed by atoms with Crippen LogP contribution in [0, 0.1) is 5.92 Å². The molecule has 0 spiro atoms. The zero-order valence-corrected chi connectivity index (χ0v) is 7.57. The van der Waals surface area contributed by atoms with E-state index in [-0.39, 0.29) is 5.75 Å². The van der Waals surface area contributed by atoms with Crippen molar-refractivity contribution in [1.29, 1.82) is 0 Å². The van der Waals surface area contributed by atoms with Crippen LogP contribution in [0.3, 0.4) is 0 Å². The highest BCUT2D eigenvalue weighted by atomic mass is 32.2. The van der Waals surface area contributed by atoms with Crippen molar-refractivity contribution in [3.8, 4) is 0 Å². The topological polar surface area (TPSA) is 43.4 Å². The number of hydrogen-bond acceptors (Lipinski definition) is 3. The minimum absolute atomic E-state index is 0.357. The van der Waals surface area contributed by atoms with Gasteiger partial charge in [0, 0.05) is 5.75 Å². The number of esters is 1. The highest BCUT2D eigenvalue weighted by molar-refractivity contribution is 7.85. The summed E-state index contributed by atoms with van der Waals surface area (Å²) < 4.78 is 38.2. The summed E-state index contributed by atoms with van der Waals surface area (Å²) in [5, 5.41) is 0. The fraction of sp³-hybridized carbons (Fsp3) is 0.833. The number of halogens is 2. The standard InChI is InChI=1S/C6H10F2O3S/c1-4(5(9)11-2)3-12(10)6(7)8/h4,6H,3H2,1-2H3. The second kappa shape index (κ2) is 5.18. The van der Waals surface area contributed by atoms with E-state index in [1.54, 1.807) is 0 Å². The van der Waals surface area contributed by atoms with Gasteiger partial charge in [-0.3, -0.25) is 9.00 Å². The number of methoxy groups -OCH3 is 1. The summed E-state index contributed by atoms with van der Waals surface area (Å²) >= 11 is 0. The third kappa shape index (κ3) is 3.75. The van der Waals surface area contributed by atoms with Gasteiger partial charge < -0.3 is 4.74 Å². The molecule has 3 nitrogen and oxygen atoms in total. The van der Waals surface area contributed by atoms with Crippen LogP contribution in [0.4, 0.5) is 8.78 Å². The van der Waals surface area contributed by atoms with E-state index in [2.05, 4.69) is 4.74 Å². The van der Waals surface area contributed by atoms with Gasteiger partial charge in [-0.05, 0) is 0 Å². The average Bonchev–Trinajstić information content (AvgIpc) is 2.02. The molecule has 0 fully saturated rings. The lowest BCUT2D eigenvalue weighted by atomic mass is 10.2. The molecule has 72 valence electrons. The van der Waals surface area contributed by atoms with Crippen LogP contribution in [0.25, 0.3) is 0 Å². The number of carbonyl (C=O) groups is 1. The van der Waals surface area contributed by atoms with Crippen LogP contribution in [0.1, 0.15) is 6.92 Å². The lowest BCUT2D eigenvalue weighted by Crippen LogP contribution is -2.21. The lowest BCUT2D eigenvalue weighted by molar-refractivity contribution is -0.144. The molecule has 0 aliphatic rings. The number of alkyl halides is 2. The second-order valence-electron chi connectivity index (χ2n) is 2.23. The highest BCUT2D eigenvalue weighted by Gasteiger charge is 2.21. The second-order valence-corrected chi connectivity index (χ2v) is 3.68. The summed E-state index contributed by atoms with van der Waals surface area (Å²) in [6, 6.07) is 0. The molecule has 0 heterocycles. The van der Waals surface area contributed by atoms with Crippen LogP contribution in [-0.4, -0.2) is 28.8 Å². The van der Waals surface area contributed by atoms with Gasteiger partial charge in [-0.15, -0.1) is 0 Å². The molecule has 0 N–H and O–H groups in total. The van der Waals surface area contributed by atoms with Gasteiger partial charge in [-0.1, -0.05) is 6.92 Å². The molecule has 6 heteroatoms. The highest BCUT2D eigenvalue weighted by Crippen LogP contribution is 2.06. The average molecular weight is 200 g/mol. The number of hydrogen-bond donors (Lipinski definition) is 0. The molecule has 2 atom stereocenters. The summed E-state index contributed by atoms with van der Waals surface area (Å²) in [5.74, 6) is -4.62. The van der Waals surface area contributed by atoms with Crippen LogP contribution < -0.4 is 0 Å². The van der Waals surface area contributed by atoms with E-state index in [1.807, 2.05) is 0 Å². The fourth-order valence-corrected chi connectivity index (χ4v) is 1.36. The summed E-state index contributed by atoms with van der Waals surface area (Å²) in [6.45, 7) is 1.39. The van der Waals surface area contributed by atoms with Crippen LogP contribution in [0.5, 0.6) is 0 Å². The first kappa shape index (κ1) is 11.5. The Labute approximate surface area is 71.5 Å². The molecule has 0 rings (SSSR count). The Hall–Kier alpha value is -0.520. The number of carbonyl (C=O) groups excluding carboxylic acids is 1. The van der Waals surface area contributed by atoms with E-state index in [1.165, 1.54) is 6.92 Å². The molecule has 12 heavy (non-hydrogen) atoms. The Kier molecular flexibility index (Phi) is 4.96. The maximum Gasteiger partial charge on any atom is 0.311 e. The van der Waals surface area contributed by atoms with Crippen LogP contribution in [0.2, 0.25) is 0 Å². The third-order valence-electron chi connectivity index (χ3n) is 1.22. The predicted molar refractivity (Wildman–Crippen MR) is 40.2 cm³/mol. The van der Waals surface area contributed by atoms with Crippen molar-refractivity contribution in [1.82, 2.24) is 0 Å². The van der Waals surface area contributed by atoms with Crippen molar-refractivity contribution in [2.24, 2.45) is 5.92 Å². The van der Waals surface area contributed by atoms with E-state index in [0.717, 1.165) is 7.11 Å². The molecule has 0 aliphatic heterocycles. The Balaban J connectivity index is 3.92. The van der Waals surface area contributed by atoms with Crippen molar-refractivity contribution in [3.05, 3.63) is 0 Å². The first-order valence-corrected chi connectivity index (χ1v) is 4.60. The molecule has 0 aliphatic carbocycles. The van der Waals surface area contributed by atoms with Crippen molar-refractivity contribution in [2.45, 2.75) is 12.7 Å². The molecular weight excluding hydrogens is 190 g/mol. The summed E-state index contributed by atoms with van der Waals surface area (Å²) in [7, 11) is -1.10. The fourth-order valence-electron chi connectivity index (χ4n) is 0.588. The first-order valence-electron chi connectivity index (χ1n) is 3.22. The molecule has 2 unspecified atom stereocenters. The van der Waals surface area contributed by atoms with Gasteiger partial charge in [0.25, 0.3) is 0 Å². The lowest BCUT2D eigenvalue weighted by Gasteiger charge is -2.07. The van der Waals surface area contributed by atoms with Gasteiger partial charge in [0.1, 0.15) is 0 Å². The normalized spacial score (nSPS) is 15.8. The van der Waals surface area contributed by atoms with Crippen LogP contribution in [-0.2, 0) is 20.3 Å². The van der Waals surface area contributed by atoms with Crippen molar-refractivity contribution in [3.63, 3.8) is 0 Å². The molecule has 0 bridgehead atoms. The Morgan fingerprint density at radius 2 is 2.08 bits per heavy atom. The molecule has 0 amide bonds. The minimum Gasteiger partial charge on any atom is -0.469 e. The minimum atomic E-state index is -2.89. The number of rotatable bonds is 4. The largest absolute Gasteiger partial charge is 0.469 e. The van der Waals surface area contributed by atoms with E-state index >= 15 is 0 Å². The van der Waals surface area contributed by atoms with Crippen molar-refractivity contribution < 1.29 is 22.5 Å². The van der Waals surface area contributed by atoms with E-state index in [9.17, 15) is 17.8 Å². The zero-order chi connectivity index (χ0) is 9.72. The Morgan fingerprint density at radius 3 is 2.42 bits per heavy atom. The maximum atomic E-state index is 11.7. The molecule has 0 aromatic carbocycles. The molecule has 0 aromatic heterocycles. The summed E-state index contributed by atoms with van der Waals surface area (Å²) in [6.07, 6.45) is 0. The van der Waals surface area contributed by atoms with E-state index < -0.39 is 28.4 Å². The summed E-state index contributed by atoms with van der Waals surface area (Å²) in [5.41, 5.74) is 0. The van der Waals surface area contributed by atoms with Gasteiger partial charge in [0.05, 0.1) is 23.8 Å². The van der Waals surface area contributed by atoms with Crippen molar-refractivity contribution in [2.75, 3.05) is 12.9 Å². The van der Waals surface area contributed by atoms with Gasteiger partial charge in [0.15, 0.2) is 0 Å². The van der Waals surface area contributed by atoms with Gasteiger partial charge in [0.2, 0.25) is 0 Å². The van der Waals surface area contributed by atoms with Gasteiger partial charge >= 0.3 is 11.7 Å². The third-order valence-corrected chi connectivity index (χ3v) is 2.44. The zero-order valence-electron chi connectivity index (χ0n) is 6.75. The van der Waals surface area contributed by atoms with Gasteiger partial charge in [-0.25, -0.2) is 0 Å². The Bertz CT molecular complexity index is 184. The van der Waals surface area contributed by atoms with E-state index in [4.69, 9.17) is 0 Å². The predicted octanol–water partition coefficient (Wildman–Crippen LogP) is 0.767. The molecule has 0 aromatic rings. The molecule has 0 saturated heterocycles. The number of ether oxygens (including phenoxy) is 1. The quantitative estimate of drug-likeness (QED) is 0.629. The summed E-state index contributed by atoms with van der Waals surface area (Å²) in [4.78, 5) is 10.7. The van der Waals surface area contributed by atoms with Crippen LogP contribution in [0.15, 0.2) is 0 Å². The molecular formula is C6H10F2O3S. The van der Waals surface area contributed by atoms with Crippen LogP contribution >= 0.6 is 0 Å². The molecule has 0 radical (unpaired) electrons. The first-order chi connectivity index (χ1) is 5.49. The molecule has 0 saturated carbocycles. The van der Waals surface area contributed by atoms with Crippen molar-refractivity contribution >= 4 is 16.8 Å². The van der Waals surface area contributed by atoms with Gasteiger partial charge in [-0.2, -0.15) is 8.78 Å².